The van der Waals surface area contributed by atoms with Crippen LogP contribution in [0.15, 0.2) is 24.3 Å². The summed E-state index contributed by atoms with van der Waals surface area (Å²) in [4.78, 5) is 26.4. The Morgan fingerprint density at radius 3 is 2.30 bits per heavy atom. The summed E-state index contributed by atoms with van der Waals surface area (Å²) in [7, 11) is -1.81. The molecule has 0 saturated carbocycles. The van der Waals surface area contributed by atoms with E-state index in [1.54, 1.807) is 16.9 Å². The minimum atomic E-state index is -3.40. The van der Waals surface area contributed by atoms with Crippen LogP contribution in [-0.4, -0.2) is 87.5 Å². The molecule has 1 saturated heterocycles. The normalized spacial score (nSPS) is 15.1. The van der Waals surface area contributed by atoms with Gasteiger partial charge in [0.05, 0.1) is 13.4 Å². The second-order valence-corrected chi connectivity index (χ2v) is 8.51. The lowest BCUT2D eigenvalue weighted by atomic mass is 10.1. The lowest BCUT2D eigenvalue weighted by Gasteiger charge is -2.33. The van der Waals surface area contributed by atoms with Crippen molar-refractivity contribution in [2.45, 2.75) is 12.8 Å². The van der Waals surface area contributed by atoms with Gasteiger partial charge in [0.25, 0.3) is 0 Å². The maximum Gasteiger partial charge on any atom is 0.224 e. The zero-order chi connectivity index (χ0) is 19.9. The molecule has 2 amide bonds. The van der Waals surface area contributed by atoms with E-state index in [9.17, 15) is 18.0 Å². The van der Waals surface area contributed by atoms with Gasteiger partial charge in [-0.3, -0.25) is 9.59 Å². The number of carbonyl (C=O) groups excluding carboxylic acids is 2. The number of hydrogen-bond donors (Lipinski definition) is 0. The van der Waals surface area contributed by atoms with E-state index in [4.69, 9.17) is 4.74 Å². The van der Waals surface area contributed by atoms with Crippen LogP contribution in [0.25, 0.3) is 0 Å². The highest BCUT2D eigenvalue weighted by Gasteiger charge is 2.23. The van der Waals surface area contributed by atoms with Crippen molar-refractivity contribution in [2.24, 2.45) is 0 Å². The highest BCUT2D eigenvalue weighted by Crippen LogP contribution is 2.13. The highest BCUT2D eigenvalue weighted by atomic mass is 32.2. The maximum absolute atomic E-state index is 12.4. The molecule has 0 N–H and O–H groups in total. The number of ether oxygens (including phenoxy) is 1. The average molecular weight is 397 g/mol. The van der Waals surface area contributed by atoms with Crippen molar-refractivity contribution in [1.82, 2.24) is 14.1 Å². The third kappa shape index (κ3) is 6.51. The fourth-order valence-corrected chi connectivity index (χ4v) is 3.79. The number of piperazine rings is 1. The van der Waals surface area contributed by atoms with Gasteiger partial charge in [-0.1, -0.05) is 12.1 Å². The van der Waals surface area contributed by atoms with Crippen LogP contribution in [0.1, 0.15) is 12.0 Å². The zero-order valence-corrected chi connectivity index (χ0v) is 16.7. The van der Waals surface area contributed by atoms with Crippen LogP contribution in [-0.2, 0) is 26.0 Å². The van der Waals surface area contributed by atoms with Gasteiger partial charge in [0.2, 0.25) is 22.3 Å². The van der Waals surface area contributed by atoms with Gasteiger partial charge in [0, 0.05) is 45.7 Å². The first-order chi connectivity index (χ1) is 12.8. The summed E-state index contributed by atoms with van der Waals surface area (Å²) in [6, 6.07) is 7.47. The summed E-state index contributed by atoms with van der Waals surface area (Å²) in [6.45, 7) is 2.48. The summed E-state index contributed by atoms with van der Waals surface area (Å²) >= 11 is 0. The van der Waals surface area contributed by atoms with Crippen molar-refractivity contribution in [3.05, 3.63) is 29.8 Å². The Kier molecular flexibility index (Phi) is 7.61. The Morgan fingerprint density at radius 2 is 1.78 bits per heavy atom. The fourth-order valence-electron chi connectivity index (χ4n) is 2.94. The summed E-state index contributed by atoms with van der Waals surface area (Å²) in [5.74, 6) is 0.664. The van der Waals surface area contributed by atoms with Crippen molar-refractivity contribution < 1.29 is 22.7 Å². The molecule has 0 spiro atoms. The molecule has 1 aromatic rings. The molecule has 1 aliphatic heterocycles. The Hall–Kier alpha value is -2.13. The van der Waals surface area contributed by atoms with E-state index < -0.39 is 10.0 Å². The van der Waals surface area contributed by atoms with Crippen LogP contribution < -0.4 is 4.74 Å². The van der Waals surface area contributed by atoms with E-state index in [0.717, 1.165) is 24.0 Å². The highest BCUT2D eigenvalue weighted by molar-refractivity contribution is 7.88. The Morgan fingerprint density at radius 1 is 1.15 bits per heavy atom. The van der Waals surface area contributed by atoms with Crippen molar-refractivity contribution in [3.63, 3.8) is 0 Å². The van der Waals surface area contributed by atoms with Gasteiger partial charge in [0.1, 0.15) is 5.75 Å². The van der Waals surface area contributed by atoms with Gasteiger partial charge in [-0.2, -0.15) is 0 Å². The molecule has 150 valence electrons. The molecule has 9 heteroatoms. The van der Waals surface area contributed by atoms with E-state index in [1.807, 2.05) is 24.3 Å². The first-order valence-electron chi connectivity index (χ1n) is 8.88. The smallest absolute Gasteiger partial charge is 0.224 e. The lowest BCUT2D eigenvalue weighted by Crippen LogP contribution is -2.48. The summed E-state index contributed by atoms with van der Waals surface area (Å²) < 4.78 is 30.6. The van der Waals surface area contributed by atoms with Gasteiger partial charge in [-0.25, -0.2) is 12.7 Å². The van der Waals surface area contributed by atoms with E-state index >= 15 is 0 Å². The second kappa shape index (κ2) is 9.70. The quantitative estimate of drug-likeness (QED) is 0.555. The van der Waals surface area contributed by atoms with E-state index in [0.29, 0.717) is 39.1 Å². The molecular weight excluding hydrogens is 370 g/mol. The van der Waals surface area contributed by atoms with Crippen molar-refractivity contribution in [1.29, 1.82) is 0 Å². The number of carbonyl (C=O) groups is 2. The molecule has 0 aromatic heterocycles. The molecule has 1 fully saturated rings. The van der Waals surface area contributed by atoms with Gasteiger partial charge in [-0.05, 0) is 24.1 Å². The third-order valence-corrected chi connectivity index (χ3v) is 5.97. The molecule has 2 rings (SSSR count). The minimum Gasteiger partial charge on any atom is -0.497 e. The first-order valence-corrected chi connectivity index (χ1v) is 10.7. The summed E-state index contributed by atoms with van der Waals surface area (Å²) in [5.41, 5.74) is 1.00. The number of methoxy groups -OCH3 is 1. The van der Waals surface area contributed by atoms with Crippen LogP contribution in [0.2, 0.25) is 0 Å². The largest absolute Gasteiger partial charge is 0.497 e. The number of amides is 2. The number of nitrogens with zero attached hydrogens (tertiary/aromatic N) is 3. The summed E-state index contributed by atoms with van der Waals surface area (Å²) in [5, 5.41) is 0. The van der Waals surface area contributed by atoms with Crippen molar-refractivity contribution in [3.8, 4) is 5.75 Å². The van der Waals surface area contributed by atoms with Crippen molar-refractivity contribution in [2.75, 3.05) is 52.6 Å². The van der Waals surface area contributed by atoms with E-state index in [-0.39, 0.29) is 18.9 Å². The minimum absolute atomic E-state index is 0.0846. The lowest BCUT2D eigenvalue weighted by molar-refractivity contribution is -0.135. The zero-order valence-electron chi connectivity index (χ0n) is 15.8. The molecule has 1 aromatic carbocycles. The summed E-state index contributed by atoms with van der Waals surface area (Å²) in [6.07, 6.45) is 2.64. The van der Waals surface area contributed by atoms with Crippen LogP contribution in [0.3, 0.4) is 0 Å². The Labute approximate surface area is 160 Å². The van der Waals surface area contributed by atoms with Gasteiger partial charge < -0.3 is 14.5 Å². The Bertz CT molecular complexity index is 728. The molecule has 27 heavy (non-hydrogen) atoms. The van der Waals surface area contributed by atoms with Crippen LogP contribution in [0.4, 0.5) is 0 Å². The van der Waals surface area contributed by atoms with Gasteiger partial charge in [-0.15, -0.1) is 0 Å². The Balaban J connectivity index is 1.87. The molecule has 0 bridgehead atoms. The standard InChI is InChI=1S/C18H27N3O5S/c1-26-17-5-3-16(4-6-17)7-9-21(27(2,24)25)10-8-18(23)20-13-11-19(15-22)12-14-20/h3-6,15H,7-14H2,1-2H3. The molecule has 8 nitrogen and oxygen atoms in total. The van der Waals surface area contributed by atoms with Crippen LogP contribution in [0.5, 0.6) is 5.75 Å². The van der Waals surface area contributed by atoms with E-state index in [1.165, 1.54) is 4.31 Å². The molecule has 0 aliphatic carbocycles. The number of hydrogen-bond acceptors (Lipinski definition) is 5. The SMILES string of the molecule is COc1ccc(CCN(CCC(=O)N2CCN(C=O)CC2)S(C)(=O)=O)cc1. The topological polar surface area (TPSA) is 87.2 Å². The van der Waals surface area contributed by atoms with Crippen LogP contribution in [0, 0.1) is 0 Å². The molecule has 1 aliphatic rings. The molecule has 0 atom stereocenters. The molecular formula is C18H27N3O5S. The number of sulfonamides is 1. The van der Waals surface area contributed by atoms with Gasteiger partial charge in [0.15, 0.2) is 0 Å². The van der Waals surface area contributed by atoms with Crippen LogP contribution >= 0.6 is 0 Å². The maximum atomic E-state index is 12.4. The molecule has 0 radical (unpaired) electrons. The number of rotatable bonds is 9. The molecule has 0 unspecified atom stereocenters. The first kappa shape index (κ1) is 21.2. The fraction of sp³-hybridized carbons (Fsp3) is 0.556. The predicted octanol–water partition coefficient (Wildman–Crippen LogP) is 0.190. The molecule has 1 heterocycles. The van der Waals surface area contributed by atoms with Crippen molar-refractivity contribution >= 4 is 22.3 Å². The number of benzene rings is 1. The monoisotopic (exact) mass is 397 g/mol. The van der Waals surface area contributed by atoms with Gasteiger partial charge >= 0.3 is 0 Å². The van der Waals surface area contributed by atoms with E-state index in [2.05, 4.69) is 0 Å². The predicted molar refractivity (Wildman–Crippen MR) is 102 cm³/mol. The third-order valence-electron chi connectivity index (χ3n) is 4.67. The second-order valence-electron chi connectivity index (χ2n) is 6.53. The average Bonchev–Trinajstić information content (AvgIpc) is 2.67.